The zero-order valence-corrected chi connectivity index (χ0v) is 14.1. The first-order chi connectivity index (χ1) is 10.6. The van der Waals surface area contributed by atoms with Crippen LogP contribution in [-0.4, -0.2) is 49.1 Å². The summed E-state index contributed by atoms with van der Waals surface area (Å²) in [7, 11) is 0. The zero-order chi connectivity index (χ0) is 15.9. The number of benzene rings is 1. The minimum absolute atomic E-state index is 0. The van der Waals surface area contributed by atoms with Crippen molar-refractivity contribution >= 4 is 29.9 Å². The number of nitrogens with one attached hydrogen (secondary N) is 1. The van der Waals surface area contributed by atoms with Crippen LogP contribution in [0.2, 0.25) is 0 Å². The monoisotopic (exact) mass is 341 g/mol. The number of para-hydroxylation sites is 1. The Morgan fingerprint density at radius 1 is 1.30 bits per heavy atom. The van der Waals surface area contributed by atoms with Gasteiger partial charge < -0.3 is 20.7 Å². The van der Waals surface area contributed by atoms with Crippen LogP contribution in [0.1, 0.15) is 30.1 Å². The molecule has 1 fully saturated rings. The lowest BCUT2D eigenvalue weighted by molar-refractivity contribution is -0.117. The summed E-state index contributed by atoms with van der Waals surface area (Å²) in [6, 6.07) is 6.46. The van der Waals surface area contributed by atoms with Crippen LogP contribution >= 0.6 is 12.4 Å². The number of hydrogen-bond donors (Lipinski definition) is 2. The van der Waals surface area contributed by atoms with Gasteiger partial charge in [-0.15, -0.1) is 12.4 Å². The molecule has 128 valence electrons. The standard InChI is InChI=1S/C16H23N3O3.ClH/c1-2-5-13(17)15(20)18-14-7-4-3-6-12(14)16(21)19-8-10-22-11-9-19;/h3-4,6-7,13H,2,5,8-11,17H2,1H3,(H,18,20);1H. The van der Waals surface area contributed by atoms with Crippen LogP contribution in [0.15, 0.2) is 24.3 Å². The van der Waals surface area contributed by atoms with E-state index in [2.05, 4.69) is 5.32 Å². The third kappa shape index (κ3) is 5.20. The molecule has 6 nitrogen and oxygen atoms in total. The highest BCUT2D eigenvalue weighted by Crippen LogP contribution is 2.18. The largest absolute Gasteiger partial charge is 0.378 e. The van der Waals surface area contributed by atoms with Crippen molar-refractivity contribution in [3.63, 3.8) is 0 Å². The molecule has 0 saturated carbocycles. The number of carbonyl (C=O) groups excluding carboxylic acids is 2. The molecule has 0 aliphatic carbocycles. The molecule has 1 heterocycles. The van der Waals surface area contributed by atoms with Crippen molar-refractivity contribution < 1.29 is 14.3 Å². The van der Waals surface area contributed by atoms with Gasteiger partial charge in [0.15, 0.2) is 0 Å². The Kier molecular flexibility index (Phi) is 8.02. The molecule has 0 bridgehead atoms. The van der Waals surface area contributed by atoms with Gasteiger partial charge >= 0.3 is 0 Å². The molecule has 7 heteroatoms. The number of halogens is 1. The van der Waals surface area contributed by atoms with Gasteiger partial charge in [-0.25, -0.2) is 0 Å². The second-order valence-electron chi connectivity index (χ2n) is 5.33. The van der Waals surface area contributed by atoms with E-state index >= 15 is 0 Å². The number of nitrogens with zero attached hydrogens (tertiary/aromatic N) is 1. The summed E-state index contributed by atoms with van der Waals surface area (Å²) in [6.45, 7) is 4.19. The van der Waals surface area contributed by atoms with E-state index < -0.39 is 6.04 Å². The predicted molar refractivity (Wildman–Crippen MR) is 91.9 cm³/mol. The molecule has 0 spiro atoms. The number of amides is 2. The van der Waals surface area contributed by atoms with Crippen molar-refractivity contribution in [2.75, 3.05) is 31.6 Å². The predicted octanol–water partition coefficient (Wildman–Crippen LogP) is 1.65. The molecule has 1 aromatic rings. The SMILES string of the molecule is CCCC(N)C(=O)Nc1ccccc1C(=O)N1CCOCC1.Cl. The van der Waals surface area contributed by atoms with Gasteiger partial charge in [-0.3, -0.25) is 9.59 Å². The van der Waals surface area contributed by atoms with Gasteiger partial charge in [-0.1, -0.05) is 25.5 Å². The number of nitrogens with two attached hydrogens (primary N) is 1. The number of morpholine rings is 1. The first-order valence-corrected chi connectivity index (χ1v) is 7.66. The normalized spacial score (nSPS) is 15.5. The van der Waals surface area contributed by atoms with Crippen LogP contribution in [-0.2, 0) is 9.53 Å². The summed E-state index contributed by atoms with van der Waals surface area (Å²) >= 11 is 0. The highest BCUT2D eigenvalue weighted by Gasteiger charge is 2.22. The molecule has 1 aromatic carbocycles. The second kappa shape index (κ2) is 9.50. The van der Waals surface area contributed by atoms with E-state index in [4.69, 9.17) is 10.5 Å². The van der Waals surface area contributed by atoms with Gasteiger partial charge in [0.25, 0.3) is 5.91 Å². The number of carbonyl (C=O) groups is 2. The van der Waals surface area contributed by atoms with E-state index in [1.807, 2.05) is 6.92 Å². The van der Waals surface area contributed by atoms with Crippen molar-refractivity contribution in [3.8, 4) is 0 Å². The maximum Gasteiger partial charge on any atom is 0.256 e. The lowest BCUT2D eigenvalue weighted by atomic mass is 10.1. The number of ether oxygens (including phenoxy) is 1. The minimum atomic E-state index is -0.559. The molecular formula is C16H24ClN3O3. The van der Waals surface area contributed by atoms with E-state index in [1.165, 1.54) is 0 Å². The lowest BCUT2D eigenvalue weighted by Gasteiger charge is -2.27. The quantitative estimate of drug-likeness (QED) is 0.852. The average molecular weight is 342 g/mol. The minimum Gasteiger partial charge on any atom is -0.378 e. The Labute approximate surface area is 142 Å². The molecular weight excluding hydrogens is 318 g/mol. The van der Waals surface area contributed by atoms with Gasteiger partial charge in [0, 0.05) is 13.1 Å². The molecule has 1 saturated heterocycles. The van der Waals surface area contributed by atoms with Gasteiger partial charge in [-0.05, 0) is 18.6 Å². The summed E-state index contributed by atoms with van der Waals surface area (Å²) < 4.78 is 5.26. The second-order valence-corrected chi connectivity index (χ2v) is 5.33. The highest BCUT2D eigenvalue weighted by molar-refractivity contribution is 6.04. The zero-order valence-electron chi connectivity index (χ0n) is 13.3. The van der Waals surface area contributed by atoms with Crippen LogP contribution in [0.5, 0.6) is 0 Å². The Morgan fingerprint density at radius 2 is 1.96 bits per heavy atom. The average Bonchev–Trinajstić information content (AvgIpc) is 2.55. The van der Waals surface area contributed by atoms with Crippen molar-refractivity contribution in [2.24, 2.45) is 5.73 Å². The summed E-state index contributed by atoms with van der Waals surface area (Å²) in [6.07, 6.45) is 1.45. The summed E-state index contributed by atoms with van der Waals surface area (Å²) in [5.74, 6) is -0.354. The molecule has 1 aliphatic heterocycles. The van der Waals surface area contributed by atoms with Crippen molar-refractivity contribution in [3.05, 3.63) is 29.8 Å². The van der Waals surface area contributed by atoms with Crippen LogP contribution in [0, 0.1) is 0 Å². The van der Waals surface area contributed by atoms with E-state index in [9.17, 15) is 9.59 Å². The fourth-order valence-corrected chi connectivity index (χ4v) is 2.38. The molecule has 23 heavy (non-hydrogen) atoms. The maximum absolute atomic E-state index is 12.6. The smallest absolute Gasteiger partial charge is 0.256 e. The van der Waals surface area contributed by atoms with Crippen molar-refractivity contribution in [2.45, 2.75) is 25.8 Å². The topological polar surface area (TPSA) is 84.7 Å². The Bertz CT molecular complexity index is 533. The first-order valence-electron chi connectivity index (χ1n) is 7.66. The van der Waals surface area contributed by atoms with E-state index in [0.29, 0.717) is 44.0 Å². The van der Waals surface area contributed by atoms with E-state index in [0.717, 1.165) is 6.42 Å². The molecule has 2 rings (SSSR count). The lowest BCUT2D eigenvalue weighted by Crippen LogP contribution is -2.41. The molecule has 1 unspecified atom stereocenters. The third-order valence-corrected chi connectivity index (χ3v) is 3.65. The van der Waals surface area contributed by atoms with Gasteiger partial charge in [0.2, 0.25) is 5.91 Å². The van der Waals surface area contributed by atoms with Crippen LogP contribution in [0.25, 0.3) is 0 Å². The van der Waals surface area contributed by atoms with Gasteiger partial charge in [-0.2, -0.15) is 0 Å². The van der Waals surface area contributed by atoms with Crippen LogP contribution in [0.4, 0.5) is 5.69 Å². The molecule has 0 radical (unpaired) electrons. The molecule has 3 N–H and O–H groups in total. The Hall–Kier alpha value is -1.63. The number of anilines is 1. The third-order valence-electron chi connectivity index (χ3n) is 3.65. The summed E-state index contributed by atoms with van der Waals surface area (Å²) in [4.78, 5) is 26.4. The van der Waals surface area contributed by atoms with E-state index in [-0.39, 0.29) is 24.2 Å². The van der Waals surface area contributed by atoms with Crippen molar-refractivity contribution in [1.82, 2.24) is 4.90 Å². The molecule has 1 aliphatic rings. The molecule has 0 aromatic heterocycles. The van der Waals surface area contributed by atoms with Crippen LogP contribution in [0.3, 0.4) is 0 Å². The maximum atomic E-state index is 12.6. The van der Waals surface area contributed by atoms with Crippen molar-refractivity contribution in [1.29, 1.82) is 0 Å². The summed E-state index contributed by atoms with van der Waals surface area (Å²) in [5, 5.41) is 2.77. The Morgan fingerprint density at radius 3 is 2.61 bits per heavy atom. The fraction of sp³-hybridized carbons (Fsp3) is 0.500. The van der Waals surface area contributed by atoms with Gasteiger partial charge in [0.05, 0.1) is 30.5 Å². The fourth-order valence-electron chi connectivity index (χ4n) is 2.38. The number of hydrogen-bond acceptors (Lipinski definition) is 4. The van der Waals surface area contributed by atoms with Crippen LogP contribution < -0.4 is 11.1 Å². The number of rotatable bonds is 5. The summed E-state index contributed by atoms with van der Waals surface area (Å²) in [5.41, 5.74) is 6.82. The first kappa shape index (κ1) is 19.4. The molecule has 2 amide bonds. The van der Waals surface area contributed by atoms with E-state index in [1.54, 1.807) is 29.2 Å². The van der Waals surface area contributed by atoms with Gasteiger partial charge in [0.1, 0.15) is 0 Å². The highest BCUT2D eigenvalue weighted by atomic mass is 35.5. The molecule has 1 atom stereocenters. The Balaban J connectivity index is 0.00000264.